The van der Waals surface area contributed by atoms with Crippen LogP contribution in [0, 0.1) is 26.6 Å². The SMILES string of the molecule is CC1=NN(/C(=N/c2nnc(C)s2)Nc2ccc(C)c(C)c2)C(c2ccc(-c3ccc(F)cc3)cc2)S1. The number of halogens is 1. The molecule has 0 aliphatic carbocycles. The molecule has 2 heterocycles. The molecule has 0 radical (unpaired) electrons. The van der Waals surface area contributed by atoms with Crippen molar-refractivity contribution in [3.8, 4) is 11.1 Å². The van der Waals surface area contributed by atoms with Crippen molar-refractivity contribution in [3.05, 3.63) is 94.2 Å². The van der Waals surface area contributed by atoms with Crippen LogP contribution in [0.3, 0.4) is 0 Å². The number of thioether (sulfide) groups is 1. The van der Waals surface area contributed by atoms with E-state index in [-0.39, 0.29) is 11.2 Å². The van der Waals surface area contributed by atoms with Gasteiger partial charge in [0, 0.05) is 5.69 Å². The van der Waals surface area contributed by atoms with Crippen molar-refractivity contribution in [2.24, 2.45) is 10.1 Å². The molecule has 1 unspecified atom stereocenters. The Hall–Kier alpha value is -3.56. The first-order valence-electron chi connectivity index (χ1n) is 11.5. The van der Waals surface area contributed by atoms with E-state index in [1.807, 2.05) is 24.9 Å². The third-order valence-electron chi connectivity index (χ3n) is 5.82. The van der Waals surface area contributed by atoms with Crippen molar-refractivity contribution in [3.63, 3.8) is 0 Å². The zero-order valence-corrected chi connectivity index (χ0v) is 22.0. The molecule has 1 aromatic heterocycles. The molecule has 0 amide bonds. The molecular weight excluding hydrogens is 491 g/mol. The summed E-state index contributed by atoms with van der Waals surface area (Å²) in [6.07, 6.45) is 0. The second kappa shape index (κ2) is 10.2. The summed E-state index contributed by atoms with van der Waals surface area (Å²) in [7, 11) is 0. The van der Waals surface area contributed by atoms with Gasteiger partial charge in [-0.2, -0.15) is 10.1 Å². The molecule has 36 heavy (non-hydrogen) atoms. The molecule has 0 saturated heterocycles. The molecular formula is C27H25FN6S2. The van der Waals surface area contributed by atoms with Gasteiger partial charge in [0.05, 0.1) is 5.04 Å². The lowest BCUT2D eigenvalue weighted by Gasteiger charge is -2.25. The average Bonchev–Trinajstić information content (AvgIpc) is 3.46. The van der Waals surface area contributed by atoms with Gasteiger partial charge in [-0.05, 0) is 79.8 Å². The van der Waals surface area contributed by atoms with Crippen LogP contribution in [-0.4, -0.2) is 26.2 Å². The smallest absolute Gasteiger partial charge is 0.234 e. The predicted octanol–water partition coefficient (Wildman–Crippen LogP) is 7.45. The second-order valence-electron chi connectivity index (χ2n) is 8.53. The van der Waals surface area contributed by atoms with Gasteiger partial charge in [-0.15, -0.1) is 10.2 Å². The normalized spacial score (nSPS) is 15.8. The highest BCUT2D eigenvalue weighted by Crippen LogP contribution is 2.40. The standard InChI is InChI=1S/C27H25FN6S2/c1-16-5-14-24(15-17(16)2)29-26(30-27-32-31-18(3)36-27)34-25(35-19(4)33-34)22-8-6-20(7-9-22)21-10-12-23(28)13-11-21/h5-15,25H,1-4H3,(H,29,30,32). The number of hydrogen-bond donors (Lipinski definition) is 1. The largest absolute Gasteiger partial charge is 0.324 e. The van der Waals surface area contributed by atoms with Gasteiger partial charge in [-0.1, -0.05) is 65.6 Å². The highest BCUT2D eigenvalue weighted by Gasteiger charge is 2.31. The minimum atomic E-state index is -0.241. The molecule has 3 aromatic carbocycles. The van der Waals surface area contributed by atoms with Gasteiger partial charge in [-0.3, -0.25) is 0 Å². The van der Waals surface area contributed by atoms with Crippen molar-refractivity contribution < 1.29 is 4.39 Å². The number of hydrazone groups is 1. The Labute approximate surface area is 218 Å². The zero-order chi connectivity index (χ0) is 25.2. The van der Waals surface area contributed by atoms with Crippen molar-refractivity contribution in [2.75, 3.05) is 5.32 Å². The molecule has 1 aliphatic rings. The van der Waals surface area contributed by atoms with Gasteiger partial charge in [-0.25, -0.2) is 9.40 Å². The lowest BCUT2D eigenvalue weighted by Crippen LogP contribution is -2.32. The van der Waals surface area contributed by atoms with Crippen LogP contribution in [-0.2, 0) is 0 Å². The number of benzene rings is 3. The fourth-order valence-electron chi connectivity index (χ4n) is 3.80. The van der Waals surface area contributed by atoms with Crippen molar-refractivity contribution >= 4 is 44.9 Å². The van der Waals surface area contributed by atoms with Crippen LogP contribution in [0.15, 0.2) is 76.8 Å². The minimum Gasteiger partial charge on any atom is -0.324 e. The molecule has 0 bridgehead atoms. The number of aromatic nitrogens is 2. The Morgan fingerprint density at radius 1 is 0.889 bits per heavy atom. The predicted molar refractivity (Wildman–Crippen MR) is 148 cm³/mol. The van der Waals surface area contributed by atoms with Crippen molar-refractivity contribution in [2.45, 2.75) is 33.1 Å². The molecule has 0 fully saturated rings. The highest BCUT2D eigenvalue weighted by atomic mass is 32.2. The summed E-state index contributed by atoms with van der Waals surface area (Å²) in [6, 6.07) is 21.0. The molecule has 0 spiro atoms. The monoisotopic (exact) mass is 516 g/mol. The van der Waals surface area contributed by atoms with Gasteiger partial charge in [0.1, 0.15) is 16.2 Å². The van der Waals surface area contributed by atoms with Crippen molar-refractivity contribution in [1.29, 1.82) is 0 Å². The molecule has 0 saturated carbocycles. The van der Waals surface area contributed by atoms with E-state index in [4.69, 9.17) is 10.1 Å². The summed E-state index contributed by atoms with van der Waals surface area (Å²) in [5, 5.41) is 20.7. The number of nitrogens with one attached hydrogen (secondary N) is 1. The van der Waals surface area contributed by atoms with Crippen LogP contribution in [0.25, 0.3) is 11.1 Å². The van der Waals surface area contributed by atoms with E-state index in [2.05, 4.69) is 65.8 Å². The fourth-order valence-corrected chi connectivity index (χ4v) is 5.35. The molecule has 182 valence electrons. The first-order chi connectivity index (χ1) is 17.4. The highest BCUT2D eigenvalue weighted by molar-refractivity contribution is 8.14. The van der Waals surface area contributed by atoms with Crippen LogP contribution in [0.1, 0.15) is 34.0 Å². The number of guanidine groups is 1. The summed E-state index contributed by atoms with van der Waals surface area (Å²) < 4.78 is 13.3. The number of rotatable bonds is 4. The first-order valence-corrected chi connectivity index (χ1v) is 13.2. The Bertz CT molecular complexity index is 1440. The molecule has 9 heteroatoms. The second-order valence-corrected chi connectivity index (χ2v) is 11.0. The van der Waals surface area contributed by atoms with Crippen LogP contribution >= 0.6 is 23.1 Å². The Kier molecular flexibility index (Phi) is 6.84. The Morgan fingerprint density at radius 2 is 1.58 bits per heavy atom. The number of nitrogens with zero attached hydrogens (tertiary/aromatic N) is 5. The van der Waals surface area contributed by atoms with Gasteiger partial charge in [0.15, 0.2) is 0 Å². The summed E-state index contributed by atoms with van der Waals surface area (Å²) in [5.41, 5.74) is 6.41. The molecule has 1 aliphatic heterocycles. The van der Waals surface area contributed by atoms with Gasteiger partial charge >= 0.3 is 0 Å². The lowest BCUT2D eigenvalue weighted by atomic mass is 10.0. The molecule has 1 N–H and O–H groups in total. The summed E-state index contributed by atoms with van der Waals surface area (Å²) in [6.45, 7) is 8.08. The zero-order valence-electron chi connectivity index (χ0n) is 20.4. The van der Waals surface area contributed by atoms with Gasteiger partial charge in [0.2, 0.25) is 11.1 Å². The van der Waals surface area contributed by atoms with E-state index >= 15 is 0 Å². The topological polar surface area (TPSA) is 65.8 Å². The average molecular weight is 517 g/mol. The maximum absolute atomic E-state index is 13.3. The van der Waals surface area contributed by atoms with E-state index in [9.17, 15) is 4.39 Å². The number of hydrogen-bond acceptors (Lipinski definition) is 6. The van der Waals surface area contributed by atoms with E-state index < -0.39 is 0 Å². The Balaban J connectivity index is 1.48. The molecule has 4 aromatic rings. The number of aryl methyl sites for hydroxylation is 3. The minimum absolute atomic E-state index is 0.112. The van der Waals surface area contributed by atoms with Crippen LogP contribution < -0.4 is 5.32 Å². The van der Waals surface area contributed by atoms with Crippen molar-refractivity contribution in [1.82, 2.24) is 15.2 Å². The maximum atomic E-state index is 13.3. The first kappa shape index (κ1) is 24.1. The van der Waals surface area contributed by atoms with Crippen LogP contribution in [0.5, 0.6) is 0 Å². The van der Waals surface area contributed by atoms with Gasteiger partial charge < -0.3 is 5.32 Å². The summed E-state index contributed by atoms with van der Waals surface area (Å²) in [5.74, 6) is 0.334. The molecule has 1 atom stereocenters. The maximum Gasteiger partial charge on any atom is 0.234 e. The molecule has 5 rings (SSSR count). The number of aliphatic imine (C=N–C) groups is 1. The Morgan fingerprint density at radius 3 is 2.22 bits per heavy atom. The summed E-state index contributed by atoms with van der Waals surface area (Å²) >= 11 is 3.09. The number of anilines is 1. The molecule has 6 nitrogen and oxygen atoms in total. The fraction of sp³-hybridized carbons (Fsp3) is 0.185. The van der Waals surface area contributed by atoms with E-state index in [1.54, 1.807) is 23.9 Å². The third-order valence-corrected chi connectivity index (χ3v) is 7.67. The quantitative estimate of drug-likeness (QED) is 0.225. The van der Waals surface area contributed by atoms with Gasteiger partial charge in [0.25, 0.3) is 0 Å². The van der Waals surface area contributed by atoms with E-state index in [1.165, 1.54) is 34.6 Å². The third kappa shape index (κ3) is 5.32. The summed E-state index contributed by atoms with van der Waals surface area (Å²) in [4.78, 5) is 4.81. The van der Waals surface area contributed by atoms with Crippen LogP contribution in [0.2, 0.25) is 0 Å². The lowest BCUT2D eigenvalue weighted by molar-refractivity contribution is 0.438. The van der Waals surface area contributed by atoms with Crippen LogP contribution in [0.4, 0.5) is 15.2 Å². The van der Waals surface area contributed by atoms with E-state index in [0.29, 0.717) is 11.1 Å². The van der Waals surface area contributed by atoms with E-state index in [0.717, 1.165) is 32.4 Å².